The van der Waals surface area contributed by atoms with Gasteiger partial charge in [-0.25, -0.2) is 4.98 Å². The zero-order chi connectivity index (χ0) is 18.5. The average Bonchev–Trinajstić information content (AvgIpc) is 3.33. The van der Waals surface area contributed by atoms with Gasteiger partial charge in [-0.1, -0.05) is 31.3 Å². The molecule has 1 amide bonds. The van der Waals surface area contributed by atoms with Gasteiger partial charge in [0.2, 0.25) is 0 Å². The van der Waals surface area contributed by atoms with E-state index in [0.717, 1.165) is 45.6 Å². The molecule has 0 aliphatic carbocycles. The summed E-state index contributed by atoms with van der Waals surface area (Å²) >= 11 is 3.01. The Kier molecular flexibility index (Phi) is 6.24. The van der Waals surface area contributed by atoms with Crippen LogP contribution in [0.1, 0.15) is 23.5 Å². The molecule has 2 heterocycles. The van der Waals surface area contributed by atoms with Crippen LogP contribution in [-0.4, -0.2) is 49.1 Å². The summed E-state index contributed by atoms with van der Waals surface area (Å²) in [4.78, 5) is 22.6. The molecule has 0 atom stereocenters. The first-order valence-electron chi connectivity index (χ1n) is 8.68. The van der Waals surface area contributed by atoms with E-state index in [1.807, 2.05) is 35.7 Å². The van der Waals surface area contributed by atoms with Gasteiger partial charge in [-0.15, -0.1) is 11.3 Å². The number of carbonyl (C=O) groups is 1. The lowest BCUT2D eigenvalue weighted by molar-refractivity contribution is 0.0987. The molecule has 0 unspecified atom stereocenters. The number of amides is 1. The van der Waals surface area contributed by atoms with E-state index >= 15 is 0 Å². The fraction of sp³-hybridized carbons (Fsp3) is 0.368. The van der Waals surface area contributed by atoms with Crippen LogP contribution in [0, 0.1) is 0 Å². The van der Waals surface area contributed by atoms with E-state index in [4.69, 9.17) is 9.72 Å². The maximum absolute atomic E-state index is 13.1. The second-order valence-corrected chi connectivity index (χ2v) is 7.75. The zero-order valence-corrected chi connectivity index (χ0v) is 16.9. The predicted octanol–water partition coefficient (Wildman–Crippen LogP) is 4.36. The minimum Gasteiger partial charge on any atom is -0.497 e. The first-order chi connectivity index (χ1) is 12.7. The first-order valence-corrected chi connectivity index (χ1v) is 10.4. The van der Waals surface area contributed by atoms with Crippen LogP contribution in [-0.2, 0) is 0 Å². The van der Waals surface area contributed by atoms with Crippen molar-refractivity contribution < 1.29 is 9.53 Å². The van der Waals surface area contributed by atoms with Crippen molar-refractivity contribution in [2.75, 3.05) is 38.2 Å². The van der Waals surface area contributed by atoms with E-state index in [0.29, 0.717) is 6.54 Å². The van der Waals surface area contributed by atoms with Gasteiger partial charge in [0.25, 0.3) is 5.91 Å². The molecule has 0 N–H and O–H groups in total. The third-order valence-corrected chi connectivity index (χ3v) is 6.24. The summed E-state index contributed by atoms with van der Waals surface area (Å²) < 4.78 is 6.33. The quantitative estimate of drug-likeness (QED) is 0.574. The number of likely N-dealkylation sites (N-methyl/N-ethyl adjacent to an activating group) is 1. The molecule has 0 saturated heterocycles. The number of aromatic nitrogens is 1. The minimum absolute atomic E-state index is 0.0122. The molecule has 138 valence electrons. The molecule has 1 aromatic carbocycles. The Morgan fingerprint density at radius 2 is 2.00 bits per heavy atom. The minimum atomic E-state index is 0.0122. The van der Waals surface area contributed by atoms with Crippen molar-refractivity contribution in [3.63, 3.8) is 0 Å². The van der Waals surface area contributed by atoms with Crippen molar-refractivity contribution >= 4 is 43.9 Å². The van der Waals surface area contributed by atoms with E-state index in [9.17, 15) is 4.79 Å². The number of anilines is 1. The van der Waals surface area contributed by atoms with E-state index < -0.39 is 0 Å². The monoisotopic (exact) mass is 389 g/mol. The number of rotatable bonds is 8. The van der Waals surface area contributed by atoms with Gasteiger partial charge in [0.15, 0.2) is 5.13 Å². The molecule has 0 bridgehead atoms. The SMILES string of the molecule is CCN(CC)CCN(C(=O)c1cccs1)c1nc2cc(OC)ccc2s1. The summed E-state index contributed by atoms with van der Waals surface area (Å²) in [6, 6.07) is 9.60. The molecule has 7 heteroatoms. The highest BCUT2D eigenvalue weighted by Crippen LogP contribution is 2.32. The number of ether oxygens (including phenoxy) is 1. The number of fused-ring (bicyclic) bond motifs is 1. The normalized spacial score (nSPS) is 11.2. The molecular formula is C19H23N3O2S2. The largest absolute Gasteiger partial charge is 0.497 e. The van der Waals surface area contributed by atoms with Crippen LogP contribution in [0.2, 0.25) is 0 Å². The number of nitrogens with zero attached hydrogens (tertiary/aromatic N) is 3. The number of benzene rings is 1. The molecule has 0 spiro atoms. The molecule has 5 nitrogen and oxygen atoms in total. The topological polar surface area (TPSA) is 45.7 Å². The highest BCUT2D eigenvalue weighted by atomic mass is 32.1. The molecule has 2 aromatic heterocycles. The lowest BCUT2D eigenvalue weighted by atomic mass is 10.3. The molecule has 0 fully saturated rings. The van der Waals surface area contributed by atoms with Crippen LogP contribution in [0.25, 0.3) is 10.2 Å². The molecular weight excluding hydrogens is 366 g/mol. The van der Waals surface area contributed by atoms with Crippen LogP contribution in [0.3, 0.4) is 0 Å². The van der Waals surface area contributed by atoms with Crippen molar-refractivity contribution in [3.05, 3.63) is 40.6 Å². The summed E-state index contributed by atoms with van der Waals surface area (Å²) in [5.74, 6) is 0.784. The molecule has 26 heavy (non-hydrogen) atoms. The van der Waals surface area contributed by atoms with Crippen LogP contribution < -0.4 is 9.64 Å². The maximum Gasteiger partial charge on any atom is 0.270 e. The van der Waals surface area contributed by atoms with E-state index in [2.05, 4.69) is 18.7 Å². The van der Waals surface area contributed by atoms with Crippen LogP contribution in [0.15, 0.2) is 35.7 Å². The second-order valence-electron chi connectivity index (χ2n) is 5.79. The summed E-state index contributed by atoms with van der Waals surface area (Å²) in [5, 5.41) is 2.66. The molecule has 0 aliphatic rings. The number of hydrogen-bond donors (Lipinski definition) is 0. The first kappa shape index (κ1) is 18.8. The lowest BCUT2D eigenvalue weighted by Gasteiger charge is -2.24. The van der Waals surface area contributed by atoms with Crippen molar-refractivity contribution in [3.8, 4) is 5.75 Å². The van der Waals surface area contributed by atoms with Crippen molar-refractivity contribution in [1.29, 1.82) is 0 Å². The Morgan fingerprint density at radius 1 is 1.19 bits per heavy atom. The van der Waals surface area contributed by atoms with Gasteiger partial charge in [-0.2, -0.15) is 0 Å². The predicted molar refractivity (Wildman–Crippen MR) is 110 cm³/mol. The smallest absolute Gasteiger partial charge is 0.270 e. The summed E-state index contributed by atoms with van der Waals surface area (Å²) in [7, 11) is 1.64. The zero-order valence-electron chi connectivity index (χ0n) is 15.3. The van der Waals surface area contributed by atoms with Gasteiger partial charge < -0.3 is 9.64 Å². The highest BCUT2D eigenvalue weighted by molar-refractivity contribution is 7.22. The molecule has 0 aliphatic heterocycles. The summed E-state index contributed by atoms with van der Waals surface area (Å²) in [6.45, 7) is 7.65. The van der Waals surface area contributed by atoms with Crippen molar-refractivity contribution in [2.24, 2.45) is 0 Å². The van der Waals surface area contributed by atoms with Crippen LogP contribution in [0.5, 0.6) is 5.75 Å². The van der Waals surface area contributed by atoms with Gasteiger partial charge >= 0.3 is 0 Å². The van der Waals surface area contributed by atoms with E-state index in [1.54, 1.807) is 23.3 Å². The van der Waals surface area contributed by atoms with Crippen molar-refractivity contribution in [2.45, 2.75) is 13.8 Å². The van der Waals surface area contributed by atoms with Gasteiger partial charge in [0.1, 0.15) is 5.75 Å². The van der Waals surface area contributed by atoms with E-state index in [-0.39, 0.29) is 5.91 Å². The number of methoxy groups -OCH3 is 1. The summed E-state index contributed by atoms with van der Waals surface area (Å²) in [6.07, 6.45) is 0. The van der Waals surface area contributed by atoms with Gasteiger partial charge in [-0.3, -0.25) is 9.69 Å². The highest BCUT2D eigenvalue weighted by Gasteiger charge is 2.22. The Bertz CT molecular complexity index is 857. The van der Waals surface area contributed by atoms with E-state index in [1.165, 1.54) is 11.3 Å². The van der Waals surface area contributed by atoms with Crippen LogP contribution >= 0.6 is 22.7 Å². The Labute approximate surface area is 161 Å². The Hall–Kier alpha value is -1.96. The van der Waals surface area contributed by atoms with Gasteiger partial charge in [0, 0.05) is 19.2 Å². The van der Waals surface area contributed by atoms with Crippen LogP contribution in [0.4, 0.5) is 5.13 Å². The third-order valence-electron chi connectivity index (χ3n) is 4.33. The average molecular weight is 390 g/mol. The summed E-state index contributed by atoms with van der Waals surface area (Å²) in [5.41, 5.74) is 0.858. The lowest BCUT2D eigenvalue weighted by Crippen LogP contribution is -2.38. The third kappa shape index (κ3) is 4.06. The molecule has 0 radical (unpaired) electrons. The standard InChI is InChI=1S/C19H23N3O2S2/c1-4-21(5-2)10-11-22(18(23)17-7-6-12-25-17)19-20-15-13-14(24-3)8-9-16(15)26-19/h6-9,12-13H,4-5,10-11H2,1-3H3. The maximum atomic E-state index is 13.1. The Balaban J connectivity index is 1.92. The molecule has 3 rings (SSSR count). The number of thiazole rings is 1. The molecule has 3 aromatic rings. The Morgan fingerprint density at radius 3 is 2.65 bits per heavy atom. The molecule has 0 saturated carbocycles. The van der Waals surface area contributed by atoms with Gasteiger partial charge in [-0.05, 0) is 36.7 Å². The number of hydrogen-bond acceptors (Lipinski definition) is 6. The fourth-order valence-electron chi connectivity index (χ4n) is 2.74. The van der Waals surface area contributed by atoms with Crippen molar-refractivity contribution in [1.82, 2.24) is 9.88 Å². The number of carbonyl (C=O) groups excluding carboxylic acids is 1. The fourth-order valence-corrected chi connectivity index (χ4v) is 4.38. The second kappa shape index (κ2) is 8.62. The van der Waals surface area contributed by atoms with Gasteiger partial charge in [0.05, 0.1) is 22.2 Å². The number of thiophene rings is 1.